The molecule has 0 saturated heterocycles. The highest BCUT2D eigenvalue weighted by molar-refractivity contribution is 6.00. The first-order valence-corrected chi connectivity index (χ1v) is 4.66. The van der Waals surface area contributed by atoms with Crippen molar-refractivity contribution >= 4 is 23.6 Å². The summed E-state index contributed by atoms with van der Waals surface area (Å²) in [6.07, 6.45) is 0. The summed E-state index contributed by atoms with van der Waals surface area (Å²) in [4.78, 5) is 32.5. The summed E-state index contributed by atoms with van der Waals surface area (Å²) in [6, 6.07) is 5.21. The van der Waals surface area contributed by atoms with Gasteiger partial charge in [-0.2, -0.15) is 0 Å². The third-order valence-electron chi connectivity index (χ3n) is 1.83. The Balaban J connectivity index is 2.71. The van der Waals surface area contributed by atoms with Crippen LogP contribution >= 0.6 is 0 Å². The average molecular weight is 237 g/mol. The van der Waals surface area contributed by atoms with Gasteiger partial charge in [-0.25, -0.2) is 9.59 Å². The Morgan fingerprint density at radius 1 is 1.24 bits per heavy atom. The molecule has 0 fully saturated rings. The van der Waals surface area contributed by atoms with E-state index >= 15 is 0 Å². The summed E-state index contributed by atoms with van der Waals surface area (Å²) >= 11 is 0. The van der Waals surface area contributed by atoms with Gasteiger partial charge < -0.3 is 21.5 Å². The molecule has 0 saturated carbocycles. The number of primary amides is 1. The lowest BCUT2D eigenvalue weighted by molar-refractivity contribution is -0.117. The van der Waals surface area contributed by atoms with Crippen LogP contribution in [0.25, 0.3) is 0 Å². The monoisotopic (exact) mass is 237 g/mol. The van der Waals surface area contributed by atoms with Crippen molar-refractivity contribution in [2.24, 2.45) is 5.73 Å². The first-order chi connectivity index (χ1) is 8.00. The molecule has 0 aromatic heterocycles. The molecule has 0 aliphatic heterocycles. The second-order valence-corrected chi connectivity index (χ2v) is 3.12. The van der Waals surface area contributed by atoms with Gasteiger partial charge in [0.1, 0.15) is 0 Å². The number of rotatable bonds is 4. The number of hydrogen-bond acceptors (Lipinski definition) is 3. The summed E-state index contributed by atoms with van der Waals surface area (Å²) in [5, 5.41) is 13.3. The van der Waals surface area contributed by atoms with E-state index in [-0.39, 0.29) is 17.8 Å². The summed E-state index contributed by atoms with van der Waals surface area (Å²) < 4.78 is 0. The van der Waals surface area contributed by atoms with Crippen molar-refractivity contribution < 1.29 is 19.5 Å². The molecule has 3 amide bonds. The third kappa shape index (κ3) is 3.82. The van der Waals surface area contributed by atoms with Crippen molar-refractivity contribution in [1.82, 2.24) is 5.32 Å². The van der Waals surface area contributed by atoms with E-state index in [1.54, 1.807) is 6.07 Å². The predicted molar refractivity (Wildman–Crippen MR) is 59.6 cm³/mol. The predicted octanol–water partition coefficient (Wildman–Crippen LogP) is -0.00840. The number of benzene rings is 1. The van der Waals surface area contributed by atoms with Crippen molar-refractivity contribution in [1.29, 1.82) is 0 Å². The van der Waals surface area contributed by atoms with Crippen LogP contribution in [-0.2, 0) is 4.79 Å². The molecule has 0 unspecified atom stereocenters. The van der Waals surface area contributed by atoms with Gasteiger partial charge in [0.25, 0.3) is 0 Å². The van der Waals surface area contributed by atoms with Gasteiger partial charge in [-0.05, 0) is 12.1 Å². The van der Waals surface area contributed by atoms with E-state index in [0.717, 1.165) is 0 Å². The summed E-state index contributed by atoms with van der Waals surface area (Å²) in [5.74, 6) is -1.84. The van der Waals surface area contributed by atoms with Gasteiger partial charge >= 0.3 is 12.0 Å². The van der Waals surface area contributed by atoms with Gasteiger partial charge in [0.05, 0.1) is 17.8 Å². The van der Waals surface area contributed by atoms with E-state index in [4.69, 9.17) is 10.8 Å². The topological polar surface area (TPSA) is 122 Å². The minimum absolute atomic E-state index is 0.0401. The number of carboxylic acids is 1. The van der Waals surface area contributed by atoms with Crippen molar-refractivity contribution in [3.63, 3.8) is 0 Å². The van der Waals surface area contributed by atoms with Gasteiger partial charge in [0.2, 0.25) is 5.91 Å². The molecule has 0 aliphatic carbocycles. The first-order valence-electron chi connectivity index (χ1n) is 4.66. The van der Waals surface area contributed by atoms with E-state index in [2.05, 4.69) is 10.6 Å². The Bertz CT molecular complexity index is 459. The smallest absolute Gasteiger partial charge is 0.337 e. The molecule has 0 heterocycles. The van der Waals surface area contributed by atoms with Crippen molar-refractivity contribution in [3.8, 4) is 0 Å². The standard InChI is InChI=1S/C10H11N3O4/c11-8(14)5-12-10(17)13-7-4-2-1-3-6(7)9(15)16/h1-4H,5H2,(H2,11,14)(H,15,16)(H2,12,13,17). The number of aromatic carboxylic acids is 1. The Labute approximate surface area is 96.6 Å². The Kier molecular flexibility index (Phi) is 4.04. The van der Waals surface area contributed by atoms with Crippen LogP contribution in [0.5, 0.6) is 0 Å². The zero-order valence-corrected chi connectivity index (χ0v) is 8.77. The number of urea groups is 1. The molecule has 1 rings (SSSR count). The molecule has 0 atom stereocenters. The fourth-order valence-electron chi connectivity index (χ4n) is 1.11. The van der Waals surface area contributed by atoms with E-state index in [1.165, 1.54) is 18.2 Å². The lowest BCUT2D eigenvalue weighted by Crippen LogP contribution is -2.36. The van der Waals surface area contributed by atoms with E-state index in [9.17, 15) is 14.4 Å². The number of hydrogen-bond donors (Lipinski definition) is 4. The molecule has 7 heteroatoms. The number of para-hydroxylation sites is 1. The number of anilines is 1. The molecule has 0 aliphatic rings. The fraction of sp³-hybridized carbons (Fsp3) is 0.100. The minimum Gasteiger partial charge on any atom is -0.478 e. The zero-order valence-electron chi connectivity index (χ0n) is 8.77. The van der Waals surface area contributed by atoms with Crippen LogP contribution in [0.1, 0.15) is 10.4 Å². The summed E-state index contributed by atoms with van der Waals surface area (Å²) in [7, 11) is 0. The van der Waals surface area contributed by atoms with Crippen LogP contribution in [0.15, 0.2) is 24.3 Å². The van der Waals surface area contributed by atoms with Crippen molar-refractivity contribution in [3.05, 3.63) is 29.8 Å². The molecule has 0 bridgehead atoms. The Morgan fingerprint density at radius 2 is 1.88 bits per heavy atom. The highest BCUT2D eigenvalue weighted by Crippen LogP contribution is 2.14. The molecule has 5 N–H and O–H groups in total. The van der Waals surface area contributed by atoms with Gasteiger partial charge in [0.15, 0.2) is 0 Å². The maximum absolute atomic E-state index is 11.3. The highest BCUT2D eigenvalue weighted by Gasteiger charge is 2.11. The molecular weight excluding hydrogens is 226 g/mol. The first kappa shape index (κ1) is 12.5. The lowest BCUT2D eigenvalue weighted by Gasteiger charge is -2.08. The van der Waals surface area contributed by atoms with Crippen molar-refractivity contribution in [2.45, 2.75) is 0 Å². The number of carbonyl (C=O) groups is 3. The third-order valence-corrected chi connectivity index (χ3v) is 1.83. The lowest BCUT2D eigenvalue weighted by atomic mass is 10.2. The molecule has 1 aromatic rings. The van der Waals surface area contributed by atoms with E-state index in [1.807, 2.05) is 0 Å². The van der Waals surface area contributed by atoms with Crippen LogP contribution in [0, 0.1) is 0 Å². The Hall–Kier alpha value is -2.57. The van der Waals surface area contributed by atoms with Crippen LogP contribution in [0.3, 0.4) is 0 Å². The van der Waals surface area contributed by atoms with Crippen LogP contribution in [0.4, 0.5) is 10.5 Å². The van der Waals surface area contributed by atoms with Crippen LogP contribution in [0.2, 0.25) is 0 Å². The van der Waals surface area contributed by atoms with E-state index < -0.39 is 17.9 Å². The number of carbonyl (C=O) groups excluding carboxylic acids is 2. The SMILES string of the molecule is NC(=O)CNC(=O)Nc1ccccc1C(=O)O. The average Bonchev–Trinajstić information content (AvgIpc) is 2.27. The van der Waals surface area contributed by atoms with Gasteiger partial charge in [-0.15, -0.1) is 0 Å². The minimum atomic E-state index is -1.16. The summed E-state index contributed by atoms with van der Waals surface area (Å²) in [6.45, 7) is -0.318. The molecule has 90 valence electrons. The zero-order chi connectivity index (χ0) is 12.8. The normalized spacial score (nSPS) is 9.41. The fourth-order valence-corrected chi connectivity index (χ4v) is 1.11. The number of nitrogens with one attached hydrogen (secondary N) is 2. The highest BCUT2D eigenvalue weighted by atomic mass is 16.4. The van der Waals surface area contributed by atoms with Gasteiger partial charge in [-0.1, -0.05) is 12.1 Å². The quantitative estimate of drug-likeness (QED) is 0.588. The number of amides is 3. The van der Waals surface area contributed by atoms with Gasteiger partial charge in [0, 0.05) is 0 Å². The van der Waals surface area contributed by atoms with Crippen molar-refractivity contribution in [2.75, 3.05) is 11.9 Å². The van der Waals surface area contributed by atoms with Crippen LogP contribution in [-0.4, -0.2) is 29.6 Å². The number of nitrogens with two attached hydrogens (primary N) is 1. The maximum atomic E-state index is 11.3. The molecule has 0 radical (unpaired) electrons. The molecular formula is C10H11N3O4. The van der Waals surface area contributed by atoms with Gasteiger partial charge in [-0.3, -0.25) is 4.79 Å². The molecule has 17 heavy (non-hydrogen) atoms. The molecule has 7 nitrogen and oxygen atoms in total. The second kappa shape index (κ2) is 5.50. The van der Waals surface area contributed by atoms with E-state index in [0.29, 0.717) is 0 Å². The number of carboxylic acid groups (broad SMARTS) is 1. The Morgan fingerprint density at radius 3 is 2.47 bits per heavy atom. The maximum Gasteiger partial charge on any atom is 0.337 e. The molecule has 1 aromatic carbocycles. The molecule has 0 spiro atoms. The summed E-state index contributed by atoms with van der Waals surface area (Å²) in [5.41, 5.74) is 4.94. The largest absolute Gasteiger partial charge is 0.478 e. The van der Waals surface area contributed by atoms with Crippen LogP contribution < -0.4 is 16.4 Å². The second-order valence-electron chi connectivity index (χ2n) is 3.12.